The number of Topliss-reactive ketones (excluding diaryl/α,β-unsaturated/α-hetero) is 1. The van der Waals surface area contributed by atoms with Crippen molar-refractivity contribution >= 4 is 5.78 Å². The summed E-state index contributed by atoms with van der Waals surface area (Å²) in [5, 5.41) is 0. The lowest BCUT2D eigenvalue weighted by Gasteiger charge is -2.21. The largest absolute Gasteiger partial charge is 0.497 e. The van der Waals surface area contributed by atoms with Gasteiger partial charge in [0.25, 0.3) is 0 Å². The van der Waals surface area contributed by atoms with E-state index in [1.54, 1.807) is 14.0 Å². The molecule has 19 heavy (non-hydrogen) atoms. The number of hydrogen-bond acceptors (Lipinski definition) is 2. The molecule has 0 atom stereocenters. The van der Waals surface area contributed by atoms with E-state index in [1.165, 1.54) is 22.3 Å². The van der Waals surface area contributed by atoms with E-state index in [1.807, 2.05) is 18.2 Å². The van der Waals surface area contributed by atoms with Crippen molar-refractivity contribution in [3.8, 4) is 16.9 Å². The fourth-order valence-electron chi connectivity index (χ4n) is 2.72. The van der Waals surface area contributed by atoms with Crippen LogP contribution in [0.25, 0.3) is 11.1 Å². The van der Waals surface area contributed by atoms with Crippen LogP contribution in [-0.2, 0) is 12.8 Å². The number of hydrogen-bond donors (Lipinski definition) is 0. The quantitative estimate of drug-likeness (QED) is 0.762. The number of methoxy groups -OCH3 is 1. The minimum Gasteiger partial charge on any atom is -0.497 e. The van der Waals surface area contributed by atoms with Crippen molar-refractivity contribution in [1.29, 1.82) is 0 Å². The number of fused-ring (bicyclic) bond motifs is 3. The normalized spacial score (nSPS) is 12.5. The van der Waals surface area contributed by atoms with E-state index in [0.717, 1.165) is 24.2 Å². The summed E-state index contributed by atoms with van der Waals surface area (Å²) in [6.07, 6.45) is 1.98. The van der Waals surface area contributed by atoms with Gasteiger partial charge in [-0.3, -0.25) is 4.79 Å². The van der Waals surface area contributed by atoms with Gasteiger partial charge in [0.05, 0.1) is 7.11 Å². The average molecular weight is 252 g/mol. The molecule has 0 heterocycles. The van der Waals surface area contributed by atoms with Gasteiger partial charge in [0.15, 0.2) is 5.78 Å². The number of ketones is 1. The number of rotatable bonds is 2. The van der Waals surface area contributed by atoms with Crippen molar-refractivity contribution in [1.82, 2.24) is 0 Å². The number of aryl methyl sites for hydroxylation is 2. The van der Waals surface area contributed by atoms with Gasteiger partial charge in [-0.05, 0) is 60.2 Å². The molecular formula is C17H16O2. The zero-order valence-electron chi connectivity index (χ0n) is 11.2. The van der Waals surface area contributed by atoms with Crippen molar-refractivity contribution in [3.05, 3.63) is 53.1 Å². The summed E-state index contributed by atoms with van der Waals surface area (Å²) >= 11 is 0. The van der Waals surface area contributed by atoms with E-state index >= 15 is 0 Å². The Morgan fingerprint density at radius 2 is 1.63 bits per heavy atom. The fraction of sp³-hybridized carbons (Fsp3) is 0.235. The molecule has 0 aromatic heterocycles. The van der Waals surface area contributed by atoms with E-state index < -0.39 is 0 Å². The van der Waals surface area contributed by atoms with Crippen LogP contribution < -0.4 is 4.74 Å². The average Bonchev–Trinajstić information content (AvgIpc) is 2.45. The second-order valence-electron chi connectivity index (χ2n) is 4.95. The molecule has 0 fully saturated rings. The van der Waals surface area contributed by atoms with Gasteiger partial charge in [-0.15, -0.1) is 0 Å². The highest BCUT2D eigenvalue weighted by atomic mass is 16.5. The molecule has 2 aromatic rings. The first-order chi connectivity index (χ1) is 9.19. The Labute approximate surface area is 113 Å². The molecule has 1 aliphatic rings. The van der Waals surface area contributed by atoms with Crippen molar-refractivity contribution in [2.75, 3.05) is 7.11 Å². The molecule has 96 valence electrons. The highest BCUT2D eigenvalue weighted by Crippen LogP contribution is 2.35. The maximum absolute atomic E-state index is 11.4. The highest BCUT2D eigenvalue weighted by molar-refractivity contribution is 5.95. The third-order valence-electron chi connectivity index (χ3n) is 3.78. The van der Waals surface area contributed by atoms with Gasteiger partial charge >= 0.3 is 0 Å². The Kier molecular flexibility index (Phi) is 2.86. The van der Waals surface area contributed by atoms with E-state index in [4.69, 9.17) is 4.74 Å². The lowest BCUT2D eigenvalue weighted by atomic mass is 9.84. The van der Waals surface area contributed by atoms with Crippen LogP contribution in [0.2, 0.25) is 0 Å². The second-order valence-corrected chi connectivity index (χ2v) is 4.95. The maximum Gasteiger partial charge on any atom is 0.159 e. The zero-order valence-corrected chi connectivity index (χ0v) is 11.2. The minimum absolute atomic E-state index is 0.128. The number of benzene rings is 2. The molecule has 0 saturated carbocycles. The Morgan fingerprint density at radius 3 is 2.26 bits per heavy atom. The summed E-state index contributed by atoms with van der Waals surface area (Å²) in [5.74, 6) is 1.03. The van der Waals surface area contributed by atoms with Crippen molar-refractivity contribution in [2.45, 2.75) is 19.8 Å². The number of ether oxygens (including phenoxy) is 1. The van der Waals surface area contributed by atoms with Gasteiger partial charge in [0.1, 0.15) is 5.75 Å². The molecule has 1 aliphatic carbocycles. The topological polar surface area (TPSA) is 26.3 Å². The lowest BCUT2D eigenvalue weighted by Crippen LogP contribution is -2.06. The van der Waals surface area contributed by atoms with Gasteiger partial charge in [-0.25, -0.2) is 0 Å². The molecule has 0 spiro atoms. The summed E-state index contributed by atoms with van der Waals surface area (Å²) in [6, 6.07) is 12.2. The Morgan fingerprint density at radius 1 is 1.00 bits per heavy atom. The monoisotopic (exact) mass is 252 g/mol. The molecule has 0 saturated heterocycles. The third kappa shape index (κ3) is 2.03. The van der Waals surface area contributed by atoms with Crippen LogP contribution in [0.4, 0.5) is 0 Å². The minimum atomic E-state index is 0.128. The van der Waals surface area contributed by atoms with Crippen molar-refractivity contribution in [2.24, 2.45) is 0 Å². The standard InChI is InChI=1S/C17H16O2/c1-11(18)12-5-7-16-13(9-12)3-4-14-10-15(19-2)6-8-17(14)16/h5-10H,3-4H2,1-2H3. The first-order valence-electron chi connectivity index (χ1n) is 6.50. The van der Waals surface area contributed by atoms with E-state index in [9.17, 15) is 4.79 Å². The summed E-state index contributed by atoms with van der Waals surface area (Å²) in [7, 11) is 1.69. The molecule has 2 aromatic carbocycles. The van der Waals surface area contributed by atoms with Gasteiger partial charge in [-0.2, -0.15) is 0 Å². The number of carbonyl (C=O) groups is 1. The Balaban J connectivity index is 2.12. The molecule has 0 bridgehead atoms. The zero-order chi connectivity index (χ0) is 13.4. The third-order valence-corrected chi connectivity index (χ3v) is 3.78. The SMILES string of the molecule is COc1ccc2c(c1)CCc1cc(C(C)=O)ccc1-2. The van der Waals surface area contributed by atoms with E-state index in [0.29, 0.717) is 0 Å². The summed E-state index contributed by atoms with van der Waals surface area (Å²) < 4.78 is 5.27. The van der Waals surface area contributed by atoms with Crippen molar-refractivity contribution < 1.29 is 9.53 Å². The summed E-state index contributed by atoms with van der Waals surface area (Å²) in [5.41, 5.74) is 5.90. The second kappa shape index (κ2) is 4.54. The van der Waals surface area contributed by atoms with Crippen LogP contribution in [0.15, 0.2) is 36.4 Å². The Bertz CT molecular complexity index is 656. The molecular weight excluding hydrogens is 236 g/mol. The molecule has 0 N–H and O–H groups in total. The number of carbonyl (C=O) groups excluding carboxylic acids is 1. The van der Waals surface area contributed by atoms with Gasteiger partial charge in [0.2, 0.25) is 0 Å². The predicted molar refractivity (Wildman–Crippen MR) is 75.8 cm³/mol. The molecule has 0 radical (unpaired) electrons. The molecule has 2 heteroatoms. The van der Waals surface area contributed by atoms with Crippen LogP contribution >= 0.6 is 0 Å². The predicted octanol–water partition coefficient (Wildman–Crippen LogP) is 3.66. The fourth-order valence-corrected chi connectivity index (χ4v) is 2.72. The van der Waals surface area contributed by atoms with Gasteiger partial charge in [0, 0.05) is 5.56 Å². The molecule has 0 aliphatic heterocycles. The van der Waals surface area contributed by atoms with Crippen LogP contribution in [0.3, 0.4) is 0 Å². The summed E-state index contributed by atoms with van der Waals surface area (Å²) in [6.45, 7) is 1.61. The summed E-state index contributed by atoms with van der Waals surface area (Å²) in [4.78, 5) is 11.4. The van der Waals surface area contributed by atoms with E-state index in [2.05, 4.69) is 18.2 Å². The molecule has 2 nitrogen and oxygen atoms in total. The highest BCUT2D eigenvalue weighted by Gasteiger charge is 2.17. The molecule has 0 amide bonds. The molecule has 3 rings (SSSR count). The van der Waals surface area contributed by atoms with Crippen LogP contribution in [0, 0.1) is 0 Å². The van der Waals surface area contributed by atoms with Crippen LogP contribution in [-0.4, -0.2) is 12.9 Å². The van der Waals surface area contributed by atoms with Gasteiger partial charge < -0.3 is 4.74 Å². The van der Waals surface area contributed by atoms with Crippen LogP contribution in [0.1, 0.15) is 28.4 Å². The van der Waals surface area contributed by atoms with Gasteiger partial charge in [-0.1, -0.05) is 18.2 Å². The first kappa shape index (κ1) is 12.0. The van der Waals surface area contributed by atoms with Crippen LogP contribution in [0.5, 0.6) is 5.75 Å². The lowest BCUT2D eigenvalue weighted by molar-refractivity contribution is 0.101. The van der Waals surface area contributed by atoms with Crippen molar-refractivity contribution in [3.63, 3.8) is 0 Å². The smallest absolute Gasteiger partial charge is 0.159 e. The van der Waals surface area contributed by atoms with E-state index in [-0.39, 0.29) is 5.78 Å². The first-order valence-corrected chi connectivity index (χ1v) is 6.50. The maximum atomic E-state index is 11.4. The molecule has 0 unspecified atom stereocenters. The Hall–Kier alpha value is -2.09.